The molecule has 2 spiro atoms. The highest BCUT2D eigenvalue weighted by molar-refractivity contribution is 6.19. The van der Waals surface area contributed by atoms with Crippen molar-refractivity contribution in [3.05, 3.63) is 94.5 Å². The number of nitrogens with one attached hydrogen (secondary N) is 2. The van der Waals surface area contributed by atoms with Gasteiger partial charge in [-0.2, -0.15) is 0 Å². The molecule has 2 amide bonds. The average Bonchev–Trinajstić information content (AvgIpc) is 3.61. The van der Waals surface area contributed by atoms with Crippen LogP contribution in [-0.4, -0.2) is 35.1 Å². The van der Waals surface area contributed by atoms with Crippen molar-refractivity contribution in [2.45, 2.75) is 43.7 Å². The van der Waals surface area contributed by atoms with Crippen molar-refractivity contribution in [1.82, 2.24) is 4.90 Å². The highest BCUT2D eigenvalue weighted by atomic mass is 16.2. The lowest BCUT2D eigenvalue weighted by Gasteiger charge is -2.38. The Labute approximate surface area is 209 Å². The molecule has 2 N–H and O–H groups in total. The molecule has 0 aromatic heterocycles. The predicted octanol–water partition coefficient (Wildman–Crippen LogP) is 4.32. The minimum atomic E-state index is -1.27. The Kier molecular flexibility index (Phi) is 4.26. The van der Waals surface area contributed by atoms with Gasteiger partial charge < -0.3 is 10.6 Å². The maximum atomic E-state index is 14.7. The van der Waals surface area contributed by atoms with Gasteiger partial charge >= 0.3 is 0 Å². The van der Waals surface area contributed by atoms with E-state index >= 15 is 0 Å². The van der Waals surface area contributed by atoms with E-state index in [0.717, 1.165) is 46.5 Å². The smallest absolute Gasteiger partial charge is 0.250 e. The summed E-state index contributed by atoms with van der Waals surface area (Å²) in [5, 5.41) is 6.26. The third-order valence-electron chi connectivity index (χ3n) is 9.15. The molecule has 4 aliphatic heterocycles. The summed E-state index contributed by atoms with van der Waals surface area (Å²) < 4.78 is 0. The topological polar surface area (TPSA) is 78.5 Å². The minimum absolute atomic E-state index is 0.168. The number of para-hydroxylation sites is 1. The van der Waals surface area contributed by atoms with Crippen molar-refractivity contribution < 1.29 is 14.4 Å². The first kappa shape index (κ1) is 21.5. The molecule has 7 rings (SSSR count). The second-order valence-electron chi connectivity index (χ2n) is 10.5. The Hall–Kier alpha value is -3.77. The van der Waals surface area contributed by atoms with Crippen LogP contribution in [0.1, 0.15) is 45.5 Å². The number of rotatable bonds is 2. The minimum Gasteiger partial charge on any atom is -0.325 e. The SMILES string of the molecule is Cc1ccc2c(c1C)NC(=O)[C@]21[C@@H](C(=O)c2ccccc2)[C@]2(C(=O)Nc3ccccc32)[C@@H]2CCCN21. The van der Waals surface area contributed by atoms with Crippen LogP contribution >= 0.6 is 0 Å². The van der Waals surface area contributed by atoms with E-state index in [9.17, 15) is 14.4 Å². The van der Waals surface area contributed by atoms with Crippen molar-refractivity contribution in [3.63, 3.8) is 0 Å². The average molecular weight is 478 g/mol. The van der Waals surface area contributed by atoms with Crippen molar-refractivity contribution in [1.29, 1.82) is 0 Å². The van der Waals surface area contributed by atoms with Gasteiger partial charge in [-0.25, -0.2) is 0 Å². The summed E-state index contributed by atoms with van der Waals surface area (Å²) in [6, 6.07) is 20.6. The fourth-order valence-corrected chi connectivity index (χ4v) is 7.63. The molecule has 0 radical (unpaired) electrons. The normalized spacial score (nSPS) is 29.8. The van der Waals surface area contributed by atoms with Crippen LogP contribution < -0.4 is 10.6 Å². The Morgan fingerprint density at radius 3 is 2.44 bits per heavy atom. The molecule has 0 aliphatic carbocycles. The summed E-state index contributed by atoms with van der Waals surface area (Å²) in [6.07, 6.45) is 1.61. The van der Waals surface area contributed by atoms with Crippen molar-refractivity contribution in [2.75, 3.05) is 17.2 Å². The van der Waals surface area contributed by atoms with E-state index in [4.69, 9.17) is 0 Å². The molecule has 36 heavy (non-hydrogen) atoms. The van der Waals surface area contributed by atoms with Crippen LogP contribution in [0.2, 0.25) is 0 Å². The number of carbonyl (C=O) groups is 3. The van der Waals surface area contributed by atoms with Gasteiger partial charge in [0.15, 0.2) is 5.78 Å². The molecule has 2 saturated heterocycles. The number of anilines is 2. The van der Waals surface area contributed by atoms with Crippen LogP contribution in [0.4, 0.5) is 11.4 Å². The summed E-state index contributed by atoms with van der Waals surface area (Å²) in [4.78, 5) is 45.4. The van der Waals surface area contributed by atoms with Gasteiger partial charge in [-0.15, -0.1) is 0 Å². The van der Waals surface area contributed by atoms with E-state index in [1.165, 1.54) is 0 Å². The number of hydrogen-bond acceptors (Lipinski definition) is 4. The van der Waals surface area contributed by atoms with Gasteiger partial charge in [0, 0.05) is 28.5 Å². The molecule has 6 heteroatoms. The monoisotopic (exact) mass is 477 g/mol. The number of benzene rings is 3. The number of ketones is 1. The van der Waals surface area contributed by atoms with Crippen LogP contribution in [-0.2, 0) is 20.5 Å². The molecule has 4 atom stereocenters. The standard InChI is InChI=1S/C30H27N3O3/c1-17-14-15-21-24(18(17)2)32-28(36)30(21)26(25(34)19-9-4-3-5-10-19)29(23-13-8-16-33(23)30)20-11-6-7-12-22(20)31-27(29)35/h3-7,9-12,14-15,23,26H,8,13,16H2,1-2H3,(H,31,35)(H,32,36)/t23-,26-,29+,30+/m0/s1. The lowest BCUT2D eigenvalue weighted by Crippen LogP contribution is -2.55. The summed E-state index contributed by atoms with van der Waals surface area (Å²) in [5.41, 5.74) is 3.30. The van der Waals surface area contributed by atoms with Crippen LogP contribution in [0.25, 0.3) is 0 Å². The Morgan fingerprint density at radius 2 is 1.64 bits per heavy atom. The third-order valence-corrected chi connectivity index (χ3v) is 9.15. The molecule has 0 unspecified atom stereocenters. The van der Waals surface area contributed by atoms with Crippen LogP contribution in [0.5, 0.6) is 0 Å². The van der Waals surface area contributed by atoms with E-state index in [1.54, 1.807) is 12.1 Å². The van der Waals surface area contributed by atoms with E-state index in [-0.39, 0.29) is 23.6 Å². The van der Waals surface area contributed by atoms with E-state index in [0.29, 0.717) is 12.1 Å². The number of hydrogen-bond donors (Lipinski definition) is 2. The summed E-state index contributed by atoms with van der Waals surface area (Å²) in [5.74, 6) is -1.47. The van der Waals surface area contributed by atoms with Gasteiger partial charge in [-0.1, -0.05) is 60.7 Å². The molecule has 0 saturated carbocycles. The maximum absolute atomic E-state index is 14.7. The quantitative estimate of drug-likeness (QED) is 0.539. The fourth-order valence-electron chi connectivity index (χ4n) is 7.63. The Morgan fingerprint density at radius 1 is 0.889 bits per heavy atom. The van der Waals surface area contributed by atoms with Crippen LogP contribution in [0, 0.1) is 19.8 Å². The second kappa shape index (κ2) is 7.14. The number of amides is 2. The van der Waals surface area contributed by atoms with E-state index in [1.807, 2.05) is 68.4 Å². The molecular weight excluding hydrogens is 450 g/mol. The number of Topliss-reactive ketones (excluding diaryl/α,β-unsaturated/α-hetero) is 1. The van der Waals surface area contributed by atoms with Crippen molar-refractivity contribution >= 4 is 29.0 Å². The third kappa shape index (κ3) is 2.29. The predicted molar refractivity (Wildman–Crippen MR) is 137 cm³/mol. The molecule has 3 aromatic rings. The van der Waals surface area contributed by atoms with Gasteiger partial charge in [0.05, 0.1) is 5.92 Å². The zero-order valence-corrected chi connectivity index (χ0v) is 20.3. The van der Waals surface area contributed by atoms with Gasteiger partial charge in [0.25, 0.3) is 0 Å². The molecule has 3 aromatic carbocycles. The number of carbonyl (C=O) groups excluding carboxylic acids is 3. The van der Waals surface area contributed by atoms with Gasteiger partial charge in [0.2, 0.25) is 11.8 Å². The van der Waals surface area contributed by atoms with Crippen LogP contribution in [0.15, 0.2) is 66.7 Å². The van der Waals surface area contributed by atoms with Crippen LogP contribution in [0.3, 0.4) is 0 Å². The zero-order chi connectivity index (χ0) is 24.8. The number of fused-ring (bicyclic) bond motifs is 7. The lowest BCUT2D eigenvalue weighted by atomic mass is 9.60. The molecule has 0 bridgehead atoms. The first-order chi connectivity index (χ1) is 17.4. The first-order valence-corrected chi connectivity index (χ1v) is 12.6. The highest BCUT2D eigenvalue weighted by Crippen LogP contribution is 2.66. The lowest BCUT2D eigenvalue weighted by molar-refractivity contribution is -0.128. The van der Waals surface area contributed by atoms with Crippen molar-refractivity contribution in [3.8, 4) is 0 Å². The Balaban J connectivity index is 1.60. The van der Waals surface area contributed by atoms with Gasteiger partial charge in [0.1, 0.15) is 11.0 Å². The molecule has 180 valence electrons. The van der Waals surface area contributed by atoms with Gasteiger partial charge in [-0.05, 0) is 56.0 Å². The molecule has 4 aliphatic rings. The molecule has 6 nitrogen and oxygen atoms in total. The fraction of sp³-hybridized carbons (Fsp3) is 0.300. The Bertz CT molecular complexity index is 1480. The highest BCUT2D eigenvalue weighted by Gasteiger charge is 2.78. The molecular formula is C30H27N3O3. The summed E-state index contributed by atoms with van der Waals surface area (Å²) in [7, 11) is 0. The maximum Gasteiger partial charge on any atom is 0.250 e. The van der Waals surface area contributed by atoms with Crippen molar-refractivity contribution in [2.24, 2.45) is 5.92 Å². The number of aryl methyl sites for hydroxylation is 1. The molecule has 2 fully saturated rings. The van der Waals surface area contributed by atoms with E-state index in [2.05, 4.69) is 15.5 Å². The zero-order valence-electron chi connectivity index (χ0n) is 20.3. The van der Waals surface area contributed by atoms with E-state index < -0.39 is 16.9 Å². The number of nitrogens with zero attached hydrogens (tertiary/aromatic N) is 1. The second-order valence-corrected chi connectivity index (χ2v) is 10.5. The summed E-state index contributed by atoms with van der Waals surface area (Å²) in [6.45, 7) is 4.68. The largest absolute Gasteiger partial charge is 0.325 e. The first-order valence-electron chi connectivity index (χ1n) is 12.6. The molecule has 4 heterocycles. The summed E-state index contributed by atoms with van der Waals surface area (Å²) >= 11 is 0. The van der Waals surface area contributed by atoms with Gasteiger partial charge in [-0.3, -0.25) is 19.3 Å².